The fourth-order valence-electron chi connectivity index (χ4n) is 3.26. The van der Waals surface area contributed by atoms with Gasteiger partial charge in [0, 0.05) is 11.1 Å². The van der Waals surface area contributed by atoms with Crippen molar-refractivity contribution in [1.29, 1.82) is 10.5 Å². The molecule has 0 aliphatic carbocycles. The Morgan fingerprint density at radius 1 is 0.607 bits per heavy atom. The quantitative estimate of drug-likeness (QED) is 0.565. The Labute approximate surface area is 170 Å². The van der Waals surface area contributed by atoms with E-state index < -0.39 is 27.8 Å². The molecule has 0 aliphatic heterocycles. The highest BCUT2D eigenvalue weighted by Crippen LogP contribution is 2.48. The predicted molar refractivity (Wildman–Crippen MR) is 116 cm³/mol. The predicted octanol–water partition coefficient (Wildman–Crippen LogP) is 5.53. The van der Waals surface area contributed by atoms with Crippen molar-refractivity contribution < 1.29 is 8.85 Å². The summed E-state index contributed by atoms with van der Waals surface area (Å²) in [6.45, 7) is 12.1. The SMILES string of the molecule is C[Si](C)(C)OC(C#N)(c1ccccc1)C(C#N)(O[Si](C)(C)C)c1ccccc1. The maximum atomic E-state index is 10.5. The van der Waals surface area contributed by atoms with Crippen LogP contribution in [0.1, 0.15) is 11.1 Å². The molecule has 0 fully saturated rings. The van der Waals surface area contributed by atoms with E-state index in [9.17, 15) is 10.5 Å². The van der Waals surface area contributed by atoms with E-state index >= 15 is 0 Å². The van der Waals surface area contributed by atoms with Crippen molar-refractivity contribution in [2.45, 2.75) is 50.5 Å². The zero-order valence-corrected chi connectivity index (χ0v) is 19.5. The van der Waals surface area contributed by atoms with E-state index in [4.69, 9.17) is 8.85 Å². The molecule has 0 aromatic heterocycles. The van der Waals surface area contributed by atoms with E-state index in [0.717, 1.165) is 0 Å². The minimum Gasteiger partial charge on any atom is -0.393 e. The minimum atomic E-state index is -2.27. The highest BCUT2D eigenvalue weighted by atomic mass is 28.4. The third-order valence-electron chi connectivity index (χ3n) is 4.09. The molecule has 0 radical (unpaired) electrons. The van der Waals surface area contributed by atoms with Crippen molar-refractivity contribution in [3.63, 3.8) is 0 Å². The van der Waals surface area contributed by atoms with Gasteiger partial charge in [-0.05, 0) is 39.3 Å². The largest absolute Gasteiger partial charge is 0.393 e. The third kappa shape index (κ3) is 4.43. The van der Waals surface area contributed by atoms with Crippen molar-refractivity contribution in [3.05, 3.63) is 71.8 Å². The van der Waals surface area contributed by atoms with Crippen LogP contribution in [0.4, 0.5) is 0 Å². The molecule has 0 bridgehead atoms. The monoisotopic (exact) mass is 408 g/mol. The molecule has 0 aliphatic rings. The lowest BCUT2D eigenvalue weighted by Crippen LogP contribution is -2.58. The molecule has 2 atom stereocenters. The van der Waals surface area contributed by atoms with Crippen LogP contribution in [0.25, 0.3) is 0 Å². The van der Waals surface area contributed by atoms with Crippen molar-refractivity contribution in [3.8, 4) is 12.1 Å². The average Bonchev–Trinajstić information content (AvgIpc) is 2.64. The van der Waals surface area contributed by atoms with Gasteiger partial charge in [0.2, 0.25) is 11.2 Å². The number of nitrogens with zero attached hydrogens (tertiary/aromatic N) is 2. The molecule has 6 heteroatoms. The van der Waals surface area contributed by atoms with E-state index in [1.807, 2.05) is 99.9 Å². The maximum Gasteiger partial charge on any atom is 0.216 e. The first-order valence-corrected chi connectivity index (χ1v) is 16.2. The number of hydrogen-bond donors (Lipinski definition) is 0. The van der Waals surface area contributed by atoms with Gasteiger partial charge in [-0.25, -0.2) is 0 Å². The summed E-state index contributed by atoms with van der Waals surface area (Å²) >= 11 is 0. The second-order valence-corrected chi connectivity index (χ2v) is 17.6. The molecule has 2 aromatic carbocycles. The lowest BCUT2D eigenvalue weighted by atomic mass is 9.75. The lowest BCUT2D eigenvalue weighted by Gasteiger charge is -2.47. The number of hydrogen-bond acceptors (Lipinski definition) is 4. The van der Waals surface area contributed by atoms with Crippen LogP contribution in [-0.2, 0) is 20.1 Å². The van der Waals surface area contributed by atoms with Crippen LogP contribution in [0.3, 0.4) is 0 Å². The second-order valence-electron chi connectivity index (χ2n) is 8.75. The third-order valence-corrected chi connectivity index (χ3v) is 5.93. The molecular weight excluding hydrogens is 380 g/mol. The van der Waals surface area contributed by atoms with Crippen LogP contribution in [-0.4, -0.2) is 16.6 Å². The van der Waals surface area contributed by atoms with Crippen molar-refractivity contribution >= 4 is 16.6 Å². The molecule has 2 aromatic rings. The lowest BCUT2D eigenvalue weighted by molar-refractivity contribution is -0.0667. The standard InChI is InChI=1S/C22H28N2O2Si2/c1-27(2,3)25-21(17-23,19-13-9-7-10-14-19)22(18-24,26-28(4,5)6)20-15-11-8-12-16-20/h7-16H,1-6H3. The van der Waals surface area contributed by atoms with Crippen LogP contribution >= 0.6 is 0 Å². The minimum absolute atomic E-state index is 0.628. The van der Waals surface area contributed by atoms with E-state index in [0.29, 0.717) is 11.1 Å². The summed E-state index contributed by atoms with van der Waals surface area (Å²) < 4.78 is 13.1. The summed E-state index contributed by atoms with van der Waals surface area (Å²) in [4.78, 5) is 0. The Balaban J connectivity index is 2.94. The van der Waals surface area contributed by atoms with Crippen LogP contribution in [0.15, 0.2) is 60.7 Å². The molecule has 146 valence electrons. The second kappa shape index (κ2) is 8.02. The van der Waals surface area contributed by atoms with Gasteiger partial charge in [0.15, 0.2) is 16.6 Å². The van der Waals surface area contributed by atoms with E-state index in [-0.39, 0.29) is 0 Å². The van der Waals surface area contributed by atoms with Gasteiger partial charge in [-0.2, -0.15) is 10.5 Å². The van der Waals surface area contributed by atoms with Crippen molar-refractivity contribution in [1.82, 2.24) is 0 Å². The van der Waals surface area contributed by atoms with Gasteiger partial charge in [-0.1, -0.05) is 60.7 Å². The summed E-state index contributed by atoms with van der Waals surface area (Å²) in [5, 5.41) is 21.1. The molecule has 4 nitrogen and oxygen atoms in total. The zero-order valence-electron chi connectivity index (χ0n) is 17.5. The Morgan fingerprint density at radius 3 is 1.11 bits per heavy atom. The molecule has 28 heavy (non-hydrogen) atoms. The zero-order chi connectivity index (χ0) is 21.1. The normalized spacial score (nSPS) is 16.3. The highest BCUT2D eigenvalue weighted by Gasteiger charge is 2.60. The molecule has 0 amide bonds. The van der Waals surface area contributed by atoms with E-state index in [1.165, 1.54) is 0 Å². The van der Waals surface area contributed by atoms with Crippen molar-refractivity contribution in [2.24, 2.45) is 0 Å². The summed E-state index contributed by atoms with van der Waals surface area (Å²) in [5.74, 6) is 0. The van der Waals surface area contributed by atoms with E-state index in [1.54, 1.807) is 0 Å². The summed E-state index contributed by atoms with van der Waals surface area (Å²) in [7, 11) is -4.54. The van der Waals surface area contributed by atoms with Crippen LogP contribution in [0.5, 0.6) is 0 Å². The smallest absolute Gasteiger partial charge is 0.216 e. The van der Waals surface area contributed by atoms with Gasteiger partial charge in [0.05, 0.1) is 0 Å². The van der Waals surface area contributed by atoms with Crippen LogP contribution in [0.2, 0.25) is 39.3 Å². The molecule has 2 unspecified atom stereocenters. The molecule has 2 rings (SSSR count). The van der Waals surface area contributed by atoms with Crippen LogP contribution < -0.4 is 0 Å². The topological polar surface area (TPSA) is 66.0 Å². The van der Waals surface area contributed by atoms with Gasteiger partial charge >= 0.3 is 0 Å². The van der Waals surface area contributed by atoms with Gasteiger partial charge < -0.3 is 8.85 Å². The van der Waals surface area contributed by atoms with E-state index in [2.05, 4.69) is 12.1 Å². The molecule has 0 saturated carbocycles. The van der Waals surface area contributed by atoms with Crippen molar-refractivity contribution in [2.75, 3.05) is 0 Å². The van der Waals surface area contributed by atoms with Gasteiger partial charge in [0.25, 0.3) is 0 Å². The fourth-order valence-corrected chi connectivity index (χ4v) is 5.72. The Kier molecular flexibility index (Phi) is 6.32. The average molecular weight is 409 g/mol. The number of rotatable bonds is 7. The van der Waals surface area contributed by atoms with Gasteiger partial charge in [-0.3, -0.25) is 0 Å². The van der Waals surface area contributed by atoms with Gasteiger partial charge in [0.1, 0.15) is 12.1 Å². The number of benzene rings is 2. The Hall–Kier alpha value is -2.23. The van der Waals surface area contributed by atoms with Crippen LogP contribution in [0, 0.1) is 22.7 Å². The molecule has 0 N–H and O–H groups in total. The Bertz CT molecular complexity index is 802. The fraction of sp³-hybridized carbons (Fsp3) is 0.364. The first-order chi connectivity index (χ1) is 13.0. The maximum absolute atomic E-state index is 10.5. The summed E-state index contributed by atoms with van der Waals surface area (Å²) in [5.41, 5.74) is -1.92. The summed E-state index contributed by atoms with van der Waals surface area (Å²) in [6, 6.07) is 23.3. The first-order valence-electron chi connectivity index (χ1n) is 9.34. The molecule has 0 heterocycles. The first kappa shape index (κ1) is 22.1. The highest BCUT2D eigenvalue weighted by molar-refractivity contribution is 6.70. The molecule has 0 spiro atoms. The summed E-state index contributed by atoms with van der Waals surface area (Å²) in [6.07, 6.45) is 0. The Morgan fingerprint density at radius 2 is 0.893 bits per heavy atom. The number of nitriles is 2. The molecular formula is C22H28N2O2Si2. The molecule has 0 saturated heterocycles. The van der Waals surface area contributed by atoms with Gasteiger partial charge in [-0.15, -0.1) is 0 Å².